The van der Waals surface area contributed by atoms with Crippen molar-refractivity contribution in [2.24, 2.45) is 5.73 Å². The van der Waals surface area contributed by atoms with Crippen molar-refractivity contribution in [2.75, 3.05) is 19.0 Å². The van der Waals surface area contributed by atoms with Crippen LogP contribution in [0.1, 0.15) is 5.56 Å². The minimum atomic E-state index is 0. The van der Waals surface area contributed by atoms with Gasteiger partial charge in [0, 0.05) is 26.8 Å². The molecule has 1 aromatic carbocycles. The van der Waals surface area contributed by atoms with Gasteiger partial charge in [-0.15, -0.1) is 12.4 Å². The lowest BCUT2D eigenvalue weighted by Crippen LogP contribution is -2.10. The summed E-state index contributed by atoms with van der Waals surface area (Å²) >= 11 is 0. The van der Waals surface area contributed by atoms with Crippen molar-refractivity contribution in [1.29, 1.82) is 0 Å². The summed E-state index contributed by atoms with van der Waals surface area (Å²) in [6.45, 7) is 0.569. The number of nitrogens with two attached hydrogens (primary N) is 1. The van der Waals surface area contributed by atoms with Crippen molar-refractivity contribution in [3.8, 4) is 11.1 Å². The van der Waals surface area contributed by atoms with Gasteiger partial charge in [-0.25, -0.2) is 4.98 Å². The van der Waals surface area contributed by atoms with Gasteiger partial charge in [0.05, 0.1) is 0 Å². The first-order valence-corrected chi connectivity index (χ1v) is 5.63. The number of anilines is 1. The molecule has 0 aliphatic heterocycles. The summed E-state index contributed by atoms with van der Waals surface area (Å²) in [6.07, 6.45) is 1.83. The minimum absolute atomic E-state index is 0. The fourth-order valence-corrected chi connectivity index (χ4v) is 1.72. The Bertz CT molecular complexity index is 512. The van der Waals surface area contributed by atoms with E-state index in [1.54, 1.807) is 0 Å². The standard InChI is InChI=1S/C14H17N3.ClH/c1-17(2)14-9-13(6-7-16-14)12-5-3-4-11(8-12)10-15;/h3-9H,10,15H2,1-2H3;1H. The molecule has 4 heteroatoms. The number of aromatic nitrogens is 1. The Hall–Kier alpha value is -1.58. The van der Waals surface area contributed by atoms with Crippen molar-refractivity contribution < 1.29 is 0 Å². The summed E-state index contributed by atoms with van der Waals surface area (Å²) in [7, 11) is 3.98. The molecule has 0 spiro atoms. The van der Waals surface area contributed by atoms with Crippen molar-refractivity contribution in [3.05, 3.63) is 48.2 Å². The fraction of sp³-hybridized carbons (Fsp3) is 0.214. The predicted octanol–water partition coefficient (Wildman–Crippen LogP) is 2.70. The second-order valence-corrected chi connectivity index (χ2v) is 4.20. The maximum absolute atomic E-state index is 5.65. The van der Waals surface area contributed by atoms with Crippen molar-refractivity contribution in [2.45, 2.75) is 6.54 Å². The molecule has 3 nitrogen and oxygen atoms in total. The number of rotatable bonds is 3. The topological polar surface area (TPSA) is 42.1 Å². The predicted molar refractivity (Wildman–Crippen MR) is 79.1 cm³/mol. The van der Waals surface area contributed by atoms with E-state index in [1.807, 2.05) is 43.4 Å². The average Bonchev–Trinajstić information content (AvgIpc) is 2.39. The van der Waals surface area contributed by atoms with Crippen molar-refractivity contribution >= 4 is 18.2 Å². The highest BCUT2D eigenvalue weighted by atomic mass is 35.5. The first-order chi connectivity index (χ1) is 8.20. The molecule has 0 amide bonds. The van der Waals surface area contributed by atoms with Crippen molar-refractivity contribution in [1.82, 2.24) is 4.98 Å². The monoisotopic (exact) mass is 263 g/mol. The van der Waals surface area contributed by atoms with E-state index in [2.05, 4.69) is 23.2 Å². The molecule has 0 unspecified atom stereocenters. The molecule has 0 aliphatic carbocycles. The van der Waals surface area contributed by atoms with Crippen LogP contribution in [0.25, 0.3) is 11.1 Å². The highest BCUT2D eigenvalue weighted by Crippen LogP contribution is 2.22. The van der Waals surface area contributed by atoms with E-state index in [-0.39, 0.29) is 12.4 Å². The molecule has 1 heterocycles. The van der Waals surface area contributed by atoms with Gasteiger partial charge < -0.3 is 10.6 Å². The molecule has 2 rings (SSSR count). The van der Waals surface area contributed by atoms with Gasteiger partial charge >= 0.3 is 0 Å². The lowest BCUT2D eigenvalue weighted by Gasteiger charge is -2.12. The zero-order valence-electron chi connectivity index (χ0n) is 10.6. The Morgan fingerprint density at radius 2 is 1.83 bits per heavy atom. The van der Waals surface area contributed by atoms with Crippen molar-refractivity contribution in [3.63, 3.8) is 0 Å². The van der Waals surface area contributed by atoms with Gasteiger partial charge in [0.25, 0.3) is 0 Å². The molecule has 0 saturated heterocycles. The second kappa shape index (κ2) is 6.38. The molecule has 0 aliphatic rings. The van der Waals surface area contributed by atoms with E-state index in [9.17, 15) is 0 Å². The van der Waals surface area contributed by atoms with E-state index in [0.717, 1.165) is 11.4 Å². The molecule has 0 fully saturated rings. The van der Waals surface area contributed by atoms with E-state index in [1.165, 1.54) is 11.1 Å². The Morgan fingerprint density at radius 1 is 1.11 bits per heavy atom. The molecule has 0 bridgehead atoms. The summed E-state index contributed by atoms with van der Waals surface area (Å²) in [5.74, 6) is 0.959. The molecule has 2 N–H and O–H groups in total. The molecular formula is C14H18ClN3. The second-order valence-electron chi connectivity index (χ2n) is 4.20. The number of halogens is 1. The molecule has 18 heavy (non-hydrogen) atoms. The first-order valence-electron chi connectivity index (χ1n) is 5.63. The number of nitrogens with zero attached hydrogens (tertiary/aromatic N) is 2. The molecule has 96 valence electrons. The van der Waals surface area contributed by atoms with Crippen LogP contribution < -0.4 is 10.6 Å². The Kier molecular flexibility index (Phi) is 5.13. The number of hydrogen-bond donors (Lipinski definition) is 1. The third kappa shape index (κ3) is 3.22. The maximum atomic E-state index is 5.65. The van der Waals surface area contributed by atoms with E-state index in [0.29, 0.717) is 6.54 Å². The van der Waals surface area contributed by atoms with Crippen LogP contribution in [0.3, 0.4) is 0 Å². The molecule has 0 saturated carbocycles. The lowest BCUT2D eigenvalue weighted by atomic mass is 10.0. The smallest absolute Gasteiger partial charge is 0.128 e. The van der Waals surface area contributed by atoms with Gasteiger partial charge in [-0.1, -0.05) is 18.2 Å². The summed E-state index contributed by atoms with van der Waals surface area (Å²) in [6, 6.07) is 12.4. The van der Waals surface area contributed by atoms with Gasteiger partial charge in [0.2, 0.25) is 0 Å². The van der Waals surface area contributed by atoms with Gasteiger partial charge in [0.15, 0.2) is 0 Å². The molecular weight excluding hydrogens is 246 g/mol. The highest BCUT2D eigenvalue weighted by molar-refractivity contribution is 5.85. The summed E-state index contributed by atoms with van der Waals surface area (Å²) in [5, 5.41) is 0. The number of benzene rings is 1. The Morgan fingerprint density at radius 3 is 2.50 bits per heavy atom. The average molecular weight is 264 g/mol. The van der Waals surface area contributed by atoms with Crippen LogP contribution in [0, 0.1) is 0 Å². The SMILES string of the molecule is CN(C)c1cc(-c2cccc(CN)c2)ccn1.Cl. The van der Waals surface area contributed by atoms with Gasteiger partial charge in [-0.3, -0.25) is 0 Å². The van der Waals surface area contributed by atoms with Crippen LogP contribution in [-0.4, -0.2) is 19.1 Å². The van der Waals surface area contributed by atoms with Crippen LogP contribution in [0.2, 0.25) is 0 Å². The molecule has 1 aromatic heterocycles. The number of hydrogen-bond acceptors (Lipinski definition) is 3. The Balaban J connectivity index is 0.00000162. The lowest BCUT2D eigenvalue weighted by molar-refractivity contribution is 1.07. The van der Waals surface area contributed by atoms with Gasteiger partial charge in [-0.2, -0.15) is 0 Å². The van der Waals surface area contributed by atoms with E-state index >= 15 is 0 Å². The van der Waals surface area contributed by atoms with E-state index < -0.39 is 0 Å². The van der Waals surface area contributed by atoms with Crippen LogP contribution in [0.4, 0.5) is 5.82 Å². The quantitative estimate of drug-likeness (QED) is 0.926. The summed E-state index contributed by atoms with van der Waals surface area (Å²) in [5.41, 5.74) is 9.14. The maximum Gasteiger partial charge on any atom is 0.128 e. The third-order valence-corrected chi connectivity index (χ3v) is 2.70. The van der Waals surface area contributed by atoms with Crippen LogP contribution in [-0.2, 0) is 6.54 Å². The van der Waals surface area contributed by atoms with Gasteiger partial charge in [-0.05, 0) is 34.9 Å². The van der Waals surface area contributed by atoms with Crippen LogP contribution >= 0.6 is 12.4 Å². The van der Waals surface area contributed by atoms with Crippen LogP contribution in [0.5, 0.6) is 0 Å². The molecule has 0 radical (unpaired) electrons. The summed E-state index contributed by atoms with van der Waals surface area (Å²) in [4.78, 5) is 6.30. The zero-order valence-corrected chi connectivity index (χ0v) is 11.4. The highest BCUT2D eigenvalue weighted by Gasteiger charge is 2.02. The molecule has 2 aromatic rings. The third-order valence-electron chi connectivity index (χ3n) is 2.70. The van der Waals surface area contributed by atoms with Gasteiger partial charge in [0.1, 0.15) is 5.82 Å². The Labute approximate surface area is 114 Å². The number of pyridine rings is 1. The zero-order chi connectivity index (χ0) is 12.3. The van der Waals surface area contributed by atoms with E-state index in [4.69, 9.17) is 5.73 Å². The largest absolute Gasteiger partial charge is 0.363 e. The minimum Gasteiger partial charge on any atom is -0.363 e. The molecule has 0 atom stereocenters. The summed E-state index contributed by atoms with van der Waals surface area (Å²) < 4.78 is 0. The normalized spacial score (nSPS) is 9.72. The first kappa shape index (κ1) is 14.5. The van der Waals surface area contributed by atoms with Crippen LogP contribution in [0.15, 0.2) is 42.6 Å². The fourth-order valence-electron chi connectivity index (χ4n) is 1.72.